The van der Waals surface area contributed by atoms with Crippen LogP contribution in [0.25, 0.3) is 0 Å². The van der Waals surface area contributed by atoms with Crippen LogP contribution in [-0.4, -0.2) is 24.4 Å². The molecule has 1 saturated carbocycles. The molecule has 0 aromatic carbocycles. The molecule has 2 N–H and O–H groups in total. The van der Waals surface area contributed by atoms with Crippen molar-refractivity contribution in [1.29, 1.82) is 0 Å². The van der Waals surface area contributed by atoms with Crippen LogP contribution in [0, 0.1) is 25.7 Å². The van der Waals surface area contributed by atoms with Gasteiger partial charge in [-0.3, -0.25) is 9.78 Å². The number of hydrogen-bond donors (Lipinski definition) is 1. The van der Waals surface area contributed by atoms with Crippen molar-refractivity contribution in [3.8, 4) is 5.75 Å². The second-order valence-corrected chi connectivity index (χ2v) is 6.14. The fraction of sp³-hybridized carbons (Fsp3) is 0.647. The van der Waals surface area contributed by atoms with E-state index in [2.05, 4.69) is 4.98 Å². The van der Waals surface area contributed by atoms with Crippen LogP contribution in [0.4, 0.5) is 0 Å². The van der Waals surface area contributed by atoms with Gasteiger partial charge < -0.3 is 10.5 Å². The van der Waals surface area contributed by atoms with Crippen molar-refractivity contribution in [3.05, 3.63) is 23.0 Å². The molecular formula is C17H26N2O2. The lowest BCUT2D eigenvalue weighted by Crippen LogP contribution is -2.27. The van der Waals surface area contributed by atoms with Gasteiger partial charge in [-0.1, -0.05) is 0 Å². The first-order chi connectivity index (χ1) is 10.1. The van der Waals surface area contributed by atoms with Gasteiger partial charge in [0.05, 0.1) is 12.8 Å². The van der Waals surface area contributed by atoms with Gasteiger partial charge in [-0.15, -0.1) is 0 Å². The lowest BCUT2D eigenvalue weighted by Gasteiger charge is -2.26. The molecule has 0 atom stereocenters. The normalized spacial score (nSPS) is 22.1. The highest BCUT2D eigenvalue weighted by atomic mass is 16.5. The number of carbonyl (C=O) groups excluding carboxylic acids is 1. The van der Waals surface area contributed by atoms with Crippen LogP contribution >= 0.6 is 0 Å². The molecule has 0 spiro atoms. The van der Waals surface area contributed by atoms with E-state index in [4.69, 9.17) is 10.5 Å². The topological polar surface area (TPSA) is 65.2 Å². The highest BCUT2D eigenvalue weighted by Gasteiger charge is 2.26. The molecule has 0 unspecified atom stereocenters. The molecule has 1 aliphatic carbocycles. The van der Waals surface area contributed by atoms with E-state index >= 15 is 0 Å². The van der Waals surface area contributed by atoms with E-state index in [1.54, 1.807) is 13.3 Å². The van der Waals surface area contributed by atoms with E-state index in [0.717, 1.165) is 54.8 Å². The van der Waals surface area contributed by atoms with Crippen molar-refractivity contribution in [2.45, 2.75) is 46.0 Å². The summed E-state index contributed by atoms with van der Waals surface area (Å²) in [6, 6.07) is 0. The van der Waals surface area contributed by atoms with Crippen molar-refractivity contribution in [2.75, 3.05) is 13.7 Å². The lowest BCUT2D eigenvalue weighted by molar-refractivity contribution is -0.123. The number of ether oxygens (including phenoxy) is 1. The summed E-state index contributed by atoms with van der Waals surface area (Å²) in [5.41, 5.74) is 8.55. The van der Waals surface area contributed by atoms with Crippen molar-refractivity contribution < 1.29 is 9.53 Å². The molecule has 0 radical (unpaired) electrons. The zero-order valence-electron chi connectivity index (χ0n) is 13.3. The molecule has 1 heterocycles. The van der Waals surface area contributed by atoms with Gasteiger partial charge in [0.1, 0.15) is 11.5 Å². The number of carbonyl (C=O) groups is 1. The van der Waals surface area contributed by atoms with Crippen LogP contribution in [0.3, 0.4) is 0 Å². The number of aromatic nitrogens is 1. The molecule has 0 bridgehead atoms. The molecule has 0 amide bonds. The van der Waals surface area contributed by atoms with E-state index in [0.29, 0.717) is 18.1 Å². The van der Waals surface area contributed by atoms with Gasteiger partial charge in [0.2, 0.25) is 0 Å². The summed E-state index contributed by atoms with van der Waals surface area (Å²) in [5.74, 6) is 1.95. The highest BCUT2D eigenvalue weighted by molar-refractivity contribution is 5.83. The number of ketones is 1. The Labute approximate surface area is 127 Å². The molecule has 1 aromatic rings. The van der Waals surface area contributed by atoms with Crippen LogP contribution < -0.4 is 10.5 Å². The smallest absolute Gasteiger partial charge is 0.141 e. The van der Waals surface area contributed by atoms with Crippen LogP contribution in [0.1, 0.15) is 42.5 Å². The molecule has 4 nitrogen and oxygen atoms in total. The van der Waals surface area contributed by atoms with Crippen LogP contribution in [0.5, 0.6) is 5.75 Å². The monoisotopic (exact) mass is 290 g/mol. The Kier molecular flexibility index (Phi) is 5.34. The number of methoxy groups -OCH3 is 1. The van der Waals surface area contributed by atoms with Crippen molar-refractivity contribution in [3.63, 3.8) is 0 Å². The fourth-order valence-corrected chi connectivity index (χ4v) is 3.28. The van der Waals surface area contributed by atoms with Gasteiger partial charge in [0, 0.05) is 29.7 Å². The summed E-state index contributed by atoms with van der Waals surface area (Å²) in [6.45, 7) is 4.70. The van der Waals surface area contributed by atoms with Gasteiger partial charge in [-0.25, -0.2) is 0 Å². The standard InChI is InChI=1S/C17H26N2O2/c1-11-10-19-15(12(2)17(11)21-3)8-16(20)14-6-4-13(9-18)5-7-14/h10,13-14H,4-9,18H2,1-3H3. The number of rotatable bonds is 5. The molecule has 1 aliphatic rings. The van der Waals surface area contributed by atoms with E-state index in [1.165, 1.54) is 0 Å². The molecule has 2 rings (SSSR count). The fourth-order valence-electron chi connectivity index (χ4n) is 3.28. The minimum absolute atomic E-state index is 0.182. The number of pyridine rings is 1. The minimum Gasteiger partial charge on any atom is -0.496 e. The molecule has 21 heavy (non-hydrogen) atoms. The van der Waals surface area contributed by atoms with Crippen LogP contribution in [0.15, 0.2) is 6.20 Å². The third-order valence-corrected chi connectivity index (χ3v) is 4.73. The third-order valence-electron chi connectivity index (χ3n) is 4.73. The quantitative estimate of drug-likeness (QED) is 0.905. The van der Waals surface area contributed by atoms with Crippen molar-refractivity contribution in [1.82, 2.24) is 4.98 Å². The molecular weight excluding hydrogens is 264 g/mol. The third kappa shape index (κ3) is 3.62. The average molecular weight is 290 g/mol. The number of nitrogens with two attached hydrogens (primary N) is 1. The second kappa shape index (κ2) is 7.03. The summed E-state index contributed by atoms with van der Waals surface area (Å²) >= 11 is 0. The SMILES string of the molecule is COc1c(C)cnc(CC(=O)C2CCC(CN)CC2)c1C. The zero-order chi connectivity index (χ0) is 15.4. The number of hydrogen-bond acceptors (Lipinski definition) is 4. The lowest BCUT2D eigenvalue weighted by atomic mass is 9.79. The molecule has 4 heteroatoms. The van der Waals surface area contributed by atoms with E-state index < -0.39 is 0 Å². The predicted octanol–water partition coefficient (Wildman–Crippen LogP) is 2.58. The Balaban J connectivity index is 2.03. The maximum Gasteiger partial charge on any atom is 0.141 e. The largest absolute Gasteiger partial charge is 0.496 e. The van der Waals surface area contributed by atoms with Gasteiger partial charge in [-0.05, 0) is 52.0 Å². The summed E-state index contributed by atoms with van der Waals surface area (Å²) in [7, 11) is 1.66. The second-order valence-electron chi connectivity index (χ2n) is 6.14. The van der Waals surface area contributed by atoms with Crippen molar-refractivity contribution >= 4 is 5.78 Å². The molecule has 0 saturated heterocycles. The zero-order valence-corrected chi connectivity index (χ0v) is 13.3. The Morgan fingerprint density at radius 3 is 2.57 bits per heavy atom. The van der Waals surface area contributed by atoms with Crippen molar-refractivity contribution in [2.24, 2.45) is 17.6 Å². The Hall–Kier alpha value is -1.42. The average Bonchev–Trinajstić information content (AvgIpc) is 2.50. The number of aryl methyl sites for hydroxylation is 1. The molecule has 116 valence electrons. The summed E-state index contributed by atoms with van der Waals surface area (Å²) in [4.78, 5) is 16.9. The maximum atomic E-state index is 12.5. The summed E-state index contributed by atoms with van der Waals surface area (Å²) in [6.07, 6.45) is 6.32. The van der Waals surface area contributed by atoms with E-state index in [9.17, 15) is 4.79 Å². The Morgan fingerprint density at radius 2 is 2.00 bits per heavy atom. The number of nitrogens with zero attached hydrogens (tertiary/aromatic N) is 1. The minimum atomic E-state index is 0.182. The van der Waals surface area contributed by atoms with Crippen LogP contribution in [0.2, 0.25) is 0 Å². The molecule has 1 aromatic heterocycles. The summed E-state index contributed by atoms with van der Waals surface area (Å²) < 4.78 is 5.41. The highest BCUT2D eigenvalue weighted by Crippen LogP contribution is 2.30. The molecule has 0 aliphatic heterocycles. The van der Waals surface area contributed by atoms with Gasteiger partial charge >= 0.3 is 0 Å². The summed E-state index contributed by atoms with van der Waals surface area (Å²) in [5, 5.41) is 0. The first-order valence-corrected chi connectivity index (χ1v) is 7.78. The van der Waals surface area contributed by atoms with E-state index in [-0.39, 0.29) is 5.92 Å². The van der Waals surface area contributed by atoms with E-state index in [1.807, 2.05) is 13.8 Å². The van der Waals surface area contributed by atoms with Gasteiger partial charge in [0.25, 0.3) is 0 Å². The van der Waals surface area contributed by atoms with Crippen LogP contribution in [-0.2, 0) is 11.2 Å². The Bertz CT molecular complexity index is 506. The predicted molar refractivity (Wildman–Crippen MR) is 83.5 cm³/mol. The number of Topliss-reactive ketones (excluding diaryl/α,β-unsaturated/α-hetero) is 1. The maximum absolute atomic E-state index is 12.5. The van der Waals surface area contributed by atoms with Gasteiger partial charge in [0.15, 0.2) is 0 Å². The molecule has 1 fully saturated rings. The Morgan fingerprint density at radius 1 is 1.33 bits per heavy atom. The first kappa shape index (κ1) is 16.0. The first-order valence-electron chi connectivity index (χ1n) is 7.78. The van der Waals surface area contributed by atoms with Gasteiger partial charge in [-0.2, -0.15) is 0 Å².